The van der Waals surface area contributed by atoms with Crippen molar-refractivity contribution in [2.24, 2.45) is 0 Å². The first-order valence-electron chi connectivity index (χ1n) is 9.17. The highest BCUT2D eigenvalue weighted by Crippen LogP contribution is 2.21. The van der Waals surface area contributed by atoms with E-state index >= 15 is 0 Å². The number of likely N-dealkylation sites (N-methyl/N-ethyl adjacent to an activating group) is 1. The molecule has 1 atom stereocenters. The van der Waals surface area contributed by atoms with Crippen molar-refractivity contribution in [1.29, 1.82) is 0 Å². The van der Waals surface area contributed by atoms with Gasteiger partial charge in [-0.2, -0.15) is 0 Å². The third-order valence-electron chi connectivity index (χ3n) is 4.89. The molecular formula is C19H27N3O3. The highest BCUT2D eigenvalue weighted by atomic mass is 16.5. The maximum absolute atomic E-state index is 12.8. The zero-order valence-electron chi connectivity index (χ0n) is 14.9. The van der Waals surface area contributed by atoms with Gasteiger partial charge in [0.2, 0.25) is 0 Å². The molecule has 0 spiro atoms. The Morgan fingerprint density at radius 3 is 2.68 bits per heavy atom. The minimum Gasteiger partial charge on any atom is -0.376 e. The molecule has 6 nitrogen and oxygen atoms in total. The molecule has 1 aromatic carbocycles. The van der Waals surface area contributed by atoms with Gasteiger partial charge in [0.1, 0.15) is 0 Å². The topological polar surface area (TPSA) is 61.9 Å². The average molecular weight is 345 g/mol. The van der Waals surface area contributed by atoms with Gasteiger partial charge >= 0.3 is 6.03 Å². The molecule has 1 aromatic rings. The van der Waals surface area contributed by atoms with Crippen molar-refractivity contribution in [3.8, 4) is 0 Å². The summed E-state index contributed by atoms with van der Waals surface area (Å²) in [5.74, 6) is -0.00243. The van der Waals surface area contributed by atoms with Crippen LogP contribution in [0.15, 0.2) is 24.3 Å². The standard InChI is InChI=1S/C19H27N3O3/c1-21(14-15-8-7-13-25-15)19(24)20-17-10-4-3-9-16(17)18(23)22-11-5-2-6-12-22/h3-4,9-10,15H,2,5-8,11-14H2,1H3,(H,20,24). The van der Waals surface area contributed by atoms with Crippen LogP contribution in [0.3, 0.4) is 0 Å². The fourth-order valence-electron chi connectivity index (χ4n) is 3.43. The molecule has 2 aliphatic rings. The quantitative estimate of drug-likeness (QED) is 0.912. The first-order valence-corrected chi connectivity index (χ1v) is 9.17. The van der Waals surface area contributed by atoms with Crippen LogP contribution in [0.4, 0.5) is 10.5 Å². The number of hydrogen-bond donors (Lipinski definition) is 1. The maximum atomic E-state index is 12.8. The van der Waals surface area contributed by atoms with Crippen molar-refractivity contribution >= 4 is 17.6 Å². The number of nitrogens with zero attached hydrogens (tertiary/aromatic N) is 2. The number of rotatable bonds is 4. The summed E-state index contributed by atoms with van der Waals surface area (Å²) in [7, 11) is 1.76. The van der Waals surface area contributed by atoms with Crippen LogP contribution in [-0.4, -0.2) is 61.1 Å². The second-order valence-electron chi connectivity index (χ2n) is 6.84. The van der Waals surface area contributed by atoms with Crippen LogP contribution in [0.2, 0.25) is 0 Å². The Hall–Kier alpha value is -2.08. The van der Waals surface area contributed by atoms with Gasteiger partial charge in [0.25, 0.3) is 5.91 Å². The van der Waals surface area contributed by atoms with Crippen LogP contribution in [0.5, 0.6) is 0 Å². The highest BCUT2D eigenvalue weighted by Gasteiger charge is 2.23. The third kappa shape index (κ3) is 4.51. The van der Waals surface area contributed by atoms with E-state index in [-0.39, 0.29) is 18.0 Å². The lowest BCUT2D eigenvalue weighted by atomic mass is 10.1. The van der Waals surface area contributed by atoms with Crippen LogP contribution >= 0.6 is 0 Å². The number of carbonyl (C=O) groups excluding carboxylic acids is 2. The fraction of sp³-hybridized carbons (Fsp3) is 0.579. The van der Waals surface area contributed by atoms with Crippen molar-refractivity contribution in [1.82, 2.24) is 9.80 Å². The van der Waals surface area contributed by atoms with Crippen LogP contribution in [0, 0.1) is 0 Å². The summed E-state index contributed by atoms with van der Waals surface area (Å²) < 4.78 is 5.58. The van der Waals surface area contributed by atoms with Crippen LogP contribution in [0.1, 0.15) is 42.5 Å². The lowest BCUT2D eigenvalue weighted by Gasteiger charge is -2.28. The fourth-order valence-corrected chi connectivity index (χ4v) is 3.43. The zero-order valence-corrected chi connectivity index (χ0v) is 14.9. The van der Waals surface area contributed by atoms with Gasteiger partial charge in [-0.3, -0.25) is 4.79 Å². The zero-order chi connectivity index (χ0) is 17.6. The second-order valence-corrected chi connectivity index (χ2v) is 6.84. The van der Waals surface area contributed by atoms with Crippen molar-refractivity contribution in [3.05, 3.63) is 29.8 Å². The van der Waals surface area contributed by atoms with E-state index in [2.05, 4.69) is 5.32 Å². The van der Waals surface area contributed by atoms with Gasteiger partial charge in [-0.15, -0.1) is 0 Å². The molecule has 0 radical (unpaired) electrons. The van der Waals surface area contributed by atoms with Gasteiger partial charge < -0.3 is 19.9 Å². The molecule has 3 amide bonds. The maximum Gasteiger partial charge on any atom is 0.321 e. The predicted molar refractivity (Wildman–Crippen MR) is 96.8 cm³/mol. The van der Waals surface area contributed by atoms with Crippen molar-refractivity contribution in [2.75, 3.05) is 38.6 Å². The number of carbonyl (C=O) groups is 2. The summed E-state index contributed by atoms with van der Waals surface area (Å²) in [6.45, 7) is 2.92. The lowest BCUT2D eigenvalue weighted by Crippen LogP contribution is -2.38. The summed E-state index contributed by atoms with van der Waals surface area (Å²) in [6.07, 6.45) is 5.42. The first-order chi connectivity index (χ1) is 12.1. The van der Waals surface area contributed by atoms with E-state index in [4.69, 9.17) is 4.74 Å². The largest absolute Gasteiger partial charge is 0.376 e. The molecule has 2 heterocycles. The normalized spacial score (nSPS) is 20.4. The minimum absolute atomic E-state index is 0.00243. The Balaban J connectivity index is 1.65. The van der Waals surface area contributed by atoms with Crippen molar-refractivity contribution < 1.29 is 14.3 Å². The SMILES string of the molecule is CN(CC1CCCO1)C(=O)Nc1ccccc1C(=O)N1CCCCC1. The molecule has 2 fully saturated rings. The van der Waals surface area contributed by atoms with E-state index in [1.807, 2.05) is 17.0 Å². The number of hydrogen-bond acceptors (Lipinski definition) is 3. The molecule has 2 saturated heterocycles. The molecule has 1 unspecified atom stereocenters. The average Bonchev–Trinajstić information content (AvgIpc) is 3.15. The molecule has 1 N–H and O–H groups in total. The Bertz CT molecular complexity index is 608. The second kappa shape index (κ2) is 8.34. The summed E-state index contributed by atoms with van der Waals surface area (Å²) >= 11 is 0. The van der Waals surface area contributed by atoms with Crippen molar-refractivity contribution in [2.45, 2.75) is 38.2 Å². The van der Waals surface area contributed by atoms with Gasteiger partial charge in [0, 0.05) is 33.3 Å². The Labute approximate surface area is 149 Å². The van der Waals surface area contributed by atoms with Crippen molar-refractivity contribution in [3.63, 3.8) is 0 Å². The van der Waals surface area contributed by atoms with Gasteiger partial charge in [-0.1, -0.05) is 12.1 Å². The molecule has 0 saturated carbocycles. The van der Waals surface area contributed by atoms with Gasteiger partial charge in [-0.05, 0) is 44.2 Å². The van der Waals surface area contributed by atoms with Gasteiger partial charge in [-0.25, -0.2) is 4.79 Å². The van der Waals surface area contributed by atoms with E-state index in [1.165, 1.54) is 6.42 Å². The summed E-state index contributed by atoms with van der Waals surface area (Å²) in [5, 5.41) is 2.89. The van der Waals surface area contributed by atoms with E-state index in [1.54, 1.807) is 24.1 Å². The number of benzene rings is 1. The molecule has 6 heteroatoms. The number of ether oxygens (including phenoxy) is 1. The number of nitrogens with one attached hydrogen (secondary N) is 1. The smallest absolute Gasteiger partial charge is 0.321 e. The Morgan fingerprint density at radius 2 is 1.96 bits per heavy atom. The van der Waals surface area contributed by atoms with E-state index in [9.17, 15) is 9.59 Å². The van der Waals surface area contributed by atoms with Crippen LogP contribution in [0.25, 0.3) is 0 Å². The number of para-hydroxylation sites is 1. The Morgan fingerprint density at radius 1 is 1.20 bits per heavy atom. The number of anilines is 1. The summed E-state index contributed by atoms with van der Waals surface area (Å²) in [5.41, 5.74) is 1.13. The van der Waals surface area contributed by atoms with E-state index in [0.717, 1.165) is 45.4 Å². The summed E-state index contributed by atoms with van der Waals surface area (Å²) in [6, 6.07) is 7.03. The molecule has 0 aliphatic carbocycles. The van der Waals surface area contributed by atoms with E-state index in [0.29, 0.717) is 17.8 Å². The number of amides is 3. The van der Waals surface area contributed by atoms with Gasteiger partial charge in [0.15, 0.2) is 0 Å². The van der Waals surface area contributed by atoms with Crippen LogP contribution < -0.4 is 5.32 Å². The van der Waals surface area contributed by atoms with E-state index < -0.39 is 0 Å². The highest BCUT2D eigenvalue weighted by molar-refractivity contribution is 6.03. The predicted octanol–water partition coefficient (Wildman–Crippen LogP) is 2.96. The van der Waals surface area contributed by atoms with Gasteiger partial charge in [0.05, 0.1) is 17.4 Å². The number of piperidine rings is 1. The molecule has 0 aromatic heterocycles. The molecule has 3 rings (SSSR count). The minimum atomic E-state index is -0.214. The third-order valence-corrected chi connectivity index (χ3v) is 4.89. The number of urea groups is 1. The Kier molecular flexibility index (Phi) is 5.91. The first kappa shape index (κ1) is 17.7. The molecule has 2 aliphatic heterocycles. The lowest BCUT2D eigenvalue weighted by molar-refractivity contribution is 0.0725. The molecule has 0 bridgehead atoms. The summed E-state index contributed by atoms with van der Waals surface area (Å²) in [4.78, 5) is 28.8. The molecule has 25 heavy (non-hydrogen) atoms. The van der Waals surface area contributed by atoms with Crippen LogP contribution in [-0.2, 0) is 4.74 Å². The molecule has 136 valence electrons. The molecular weight excluding hydrogens is 318 g/mol. The number of likely N-dealkylation sites (tertiary alicyclic amines) is 1. The monoisotopic (exact) mass is 345 g/mol.